The van der Waals surface area contributed by atoms with Crippen LogP contribution in [-0.2, 0) is 6.54 Å². The minimum Gasteiger partial charge on any atom is -0.369 e. The highest BCUT2D eigenvalue weighted by Crippen LogP contribution is 2.30. The van der Waals surface area contributed by atoms with Crippen LogP contribution in [0.15, 0.2) is 47.4 Å². The Morgan fingerprint density at radius 3 is 2.42 bits per heavy atom. The number of aromatic amines is 1. The minimum absolute atomic E-state index is 0.108. The lowest BCUT2D eigenvalue weighted by Gasteiger charge is -2.36. The maximum absolute atomic E-state index is 12.0. The van der Waals surface area contributed by atoms with Gasteiger partial charge in [0.1, 0.15) is 11.6 Å². The van der Waals surface area contributed by atoms with Crippen LogP contribution in [-0.4, -0.2) is 52.6 Å². The molecular formula is C26H32N6O. The predicted molar refractivity (Wildman–Crippen MR) is 133 cm³/mol. The summed E-state index contributed by atoms with van der Waals surface area (Å²) in [6, 6.07) is 12.7. The third kappa shape index (κ3) is 5.25. The summed E-state index contributed by atoms with van der Waals surface area (Å²) in [5.41, 5.74) is 4.59. The monoisotopic (exact) mass is 444 g/mol. The van der Waals surface area contributed by atoms with Crippen LogP contribution in [0.5, 0.6) is 0 Å². The lowest BCUT2D eigenvalue weighted by Crippen LogP contribution is -2.47. The molecule has 0 amide bonds. The van der Waals surface area contributed by atoms with E-state index in [1.807, 2.05) is 19.1 Å². The van der Waals surface area contributed by atoms with Crippen LogP contribution in [0.2, 0.25) is 0 Å². The standard InChI is InChI=1S/C26H32N6O/c1-18-19(2)29-25(30-26(18)33)22-7-10-24(28-16-22)27-15-20-5-8-23(9-6-20)32-13-11-31(12-14-32)17-21-3-4-21/h5-10,16,21H,3-4,11-15,17H2,1-2H3,(H,27,28)(H,29,30,33). The van der Waals surface area contributed by atoms with Crippen molar-refractivity contribution < 1.29 is 0 Å². The molecule has 0 atom stereocenters. The number of piperazine rings is 1. The van der Waals surface area contributed by atoms with Gasteiger partial charge in [0.2, 0.25) is 0 Å². The molecule has 0 unspecified atom stereocenters. The van der Waals surface area contributed by atoms with Crippen LogP contribution in [0.1, 0.15) is 29.7 Å². The van der Waals surface area contributed by atoms with Crippen molar-refractivity contribution in [3.05, 3.63) is 69.8 Å². The molecule has 3 heterocycles. The van der Waals surface area contributed by atoms with Crippen molar-refractivity contribution in [3.63, 3.8) is 0 Å². The van der Waals surface area contributed by atoms with Gasteiger partial charge < -0.3 is 15.2 Å². The molecule has 1 saturated carbocycles. The maximum Gasteiger partial charge on any atom is 0.254 e. The third-order valence-electron chi connectivity index (χ3n) is 6.79. The van der Waals surface area contributed by atoms with E-state index in [2.05, 4.69) is 54.3 Å². The Kier molecular flexibility index (Phi) is 6.13. The summed E-state index contributed by atoms with van der Waals surface area (Å²) in [4.78, 5) is 28.9. The molecule has 1 aliphatic heterocycles. The number of hydrogen-bond acceptors (Lipinski definition) is 6. The van der Waals surface area contributed by atoms with E-state index < -0.39 is 0 Å². The molecule has 5 rings (SSSR count). The van der Waals surface area contributed by atoms with E-state index in [4.69, 9.17) is 0 Å². The number of hydrogen-bond donors (Lipinski definition) is 2. The van der Waals surface area contributed by atoms with Crippen molar-refractivity contribution >= 4 is 11.5 Å². The lowest BCUT2D eigenvalue weighted by molar-refractivity contribution is 0.248. The molecule has 2 aliphatic rings. The van der Waals surface area contributed by atoms with E-state index in [0.29, 0.717) is 17.9 Å². The topological polar surface area (TPSA) is 77.2 Å². The van der Waals surface area contributed by atoms with E-state index in [0.717, 1.165) is 36.1 Å². The van der Waals surface area contributed by atoms with Crippen LogP contribution in [0.4, 0.5) is 11.5 Å². The average molecular weight is 445 g/mol. The molecule has 33 heavy (non-hydrogen) atoms. The summed E-state index contributed by atoms with van der Waals surface area (Å²) in [5.74, 6) is 2.31. The first kappa shape index (κ1) is 21.6. The number of anilines is 2. The van der Waals surface area contributed by atoms with Crippen molar-refractivity contribution in [2.45, 2.75) is 33.2 Å². The Labute approximate surface area is 194 Å². The van der Waals surface area contributed by atoms with Crippen molar-refractivity contribution in [1.29, 1.82) is 0 Å². The molecule has 1 aliphatic carbocycles. The lowest BCUT2D eigenvalue weighted by atomic mass is 10.1. The van der Waals surface area contributed by atoms with Gasteiger partial charge in [0, 0.05) is 68.0 Å². The van der Waals surface area contributed by atoms with E-state index >= 15 is 0 Å². The smallest absolute Gasteiger partial charge is 0.254 e. The molecule has 0 bridgehead atoms. The van der Waals surface area contributed by atoms with Crippen LogP contribution in [0.25, 0.3) is 11.4 Å². The minimum atomic E-state index is -0.108. The van der Waals surface area contributed by atoms with Crippen molar-refractivity contribution in [2.75, 3.05) is 42.9 Å². The summed E-state index contributed by atoms with van der Waals surface area (Å²) in [6.45, 7) is 10.2. The first-order valence-corrected chi connectivity index (χ1v) is 11.9. The summed E-state index contributed by atoms with van der Waals surface area (Å²) >= 11 is 0. The van der Waals surface area contributed by atoms with Gasteiger partial charge in [-0.3, -0.25) is 9.69 Å². The highest BCUT2D eigenvalue weighted by molar-refractivity contribution is 5.56. The quantitative estimate of drug-likeness (QED) is 0.580. The van der Waals surface area contributed by atoms with Crippen molar-refractivity contribution in [2.24, 2.45) is 5.92 Å². The van der Waals surface area contributed by atoms with E-state index in [-0.39, 0.29) is 5.56 Å². The highest BCUT2D eigenvalue weighted by atomic mass is 16.1. The molecule has 3 aromatic rings. The Hall–Kier alpha value is -3.19. The van der Waals surface area contributed by atoms with Gasteiger partial charge in [-0.2, -0.15) is 0 Å². The second-order valence-electron chi connectivity index (χ2n) is 9.31. The third-order valence-corrected chi connectivity index (χ3v) is 6.79. The van der Waals surface area contributed by atoms with Gasteiger partial charge in [-0.1, -0.05) is 12.1 Å². The molecule has 0 radical (unpaired) electrons. The Balaban J connectivity index is 1.14. The Morgan fingerprint density at radius 1 is 1.03 bits per heavy atom. The second-order valence-corrected chi connectivity index (χ2v) is 9.31. The molecule has 7 heteroatoms. The van der Waals surface area contributed by atoms with E-state index in [1.54, 1.807) is 13.1 Å². The Morgan fingerprint density at radius 2 is 1.79 bits per heavy atom. The molecule has 1 saturated heterocycles. The molecule has 1 aromatic carbocycles. The number of benzene rings is 1. The summed E-state index contributed by atoms with van der Waals surface area (Å²) < 4.78 is 0. The Bertz CT molecular complexity index is 1140. The normalized spacial score (nSPS) is 16.7. The number of rotatable bonds is 7. The van der Waals surface area contributed by atoms with Gasteiger partial charge >= 0.3 is 0 Å². The number of aromatic nitrogens is 3. The van der Waals surface area contributed by atoms with Crippen LogP contribution < -0.4 is 15.8 Å². The van der Waals surface area contributed by atoms with E-state index in [9.17, 15) is 4.79 Å². The number of aryl methyl sites for hydroxylation is 1. The summed E-state index contributed by atoms with van der Waals surface area (Å²) in [6.07, 6.45) is 4.60. The number of nitrogens with one attached hydrogen (secondary N) is 2. The SMILES string of the molecule is Cc1nc(-c2ccc(NCc3ccc(N4CCN(CC5CC5)CC4)cc3)nc2)[nH]c(=O)c1C. The second kappa shape index (κ2) is 9.35. The first-order valence-electron chi connectivity index (χ1n) is 11.9. The first-order chi connectivity index (χ1) is 16.0. The molecule has 2 fully saturated rings. The van der Waals surface area contributed by atoms with Crippen LogP contribution in [0.3, 0.4) is 0 Å². The van der Waals surface area contributed by atoms with Crippen LogP contribution >= 0.6 is 0 Å². The van der Waals surface area contributed by atoms with Crippen molar-refractivity contribution in [1.82, 2.24) is 19.9 Å². The maximum atomic E-state index is 12.0. The molecule has 2 N–H and O–H groups in total. The molecular weight excluding hydrogens is 412 g/mol. The van der Waals surface area contributed by atoms with Gasteiger partial charge in [-0.05, 0) is 62.4 Å². The van der Waals surface area contributed by atoms with Crippen molar-refractivity contribution in [3.8, 4) is 11.4 Å². The highest BCUT2D eigenvalue weighted by Gasteiger charge is 2.26. The molecule has 172 valence electrons. The average Bonchev–Trinajstić information content (AvgIpc) is 3.66. The van der Waals surface area contributed by atoms with Gasteiger partial charge in [0.25, 0.3) is 5.56 Å². The molecule has 7 nitrogen and oxygen atoms in total. The number of pyridine rings is 1. The molecule has 2 aromatic heterocycles. The van der Waals surface area contributed by atoms with E-state index in [1.165, 1.54) is 43.7 Å². The van der Waals surface area contributed by atoms with Crippen LogP contribution in [0, 0.1) is 19.8 Å². The fraction of sp³-hybridized carbons (Fsp3) is 0.423. The molecule has 0 spiro atoms. The summed E-state index contributed by atoms with van der Waals surface area (Å²) in [7, 11) is 0. The summed E-state index contributed by atoms with van der Waals surface area (Å²) in [5, 5.41) is 3.38. The van der Waals surface area contributed by atoms with Gasteiger partial charge in [-0.25, -0.2) is 9.97 Å². The zero-order valence-electron chi connectivity index (χ0n) is 19.5. The fourth-order valence-corrected chi connectivity index (χ4v) is 4.29. The predicted octanol–water partition coefficient (Wildman–Crippen LogP) is 3.59. The number of nitrogens with zero attached hydrogens (tertiary/aromatic N) is 4. The van der Waals surface area contributed by atoms with Gasteiger partial charge in [0.15, 0.2) is 0 Å². The zero-order chi connectivity index (χ0) is 22.8. The van der Waals surface area contributed by atoms with Gasteiger partial charge in [0.05, 0.1) is 0 Å². The fourth-order valence-electron chi connectivity index (χ4n) is 4.29. The zero-order valence-corrected chi connectivity index (χ0v) is 19.5. The largest absolute Gasteiger partial charge is 0.369 e. The number of H-pyrrole nitrogens is 1. The van der Waals surface area contributed by atoms with Gasteiger partial charge in [-0.15, -0.1) is 0 Å².